The minimum absolute atomic E-state index is 0.0193. The number of carbonyl (C=O) groups excluding carboxylic acids is 1. The summed E-state index contributed by atoms with van der Waals surface area (Å²) in [7, 11) is 0. The lowest BCUT2D eigenvalue weighted by Gasteiger charge is -2.19. The van der Waals surface area contributed by atoms with E-state index in [2.05, 4.69) is 17.4 Å². The Morgan fingerprint density at radius 1 is 1.10 bits per heavy atom. The summed E-state index contributed by atoms with van der Waals surface area (Å²) in [6, 6.07) is 13.8. The van der Waals surface area contributed by atoms with Crippen LogP contribution in [0.3, 0.4) is 0 Å². The van der Waals surface area contributed by atoms with Gasteiger partial charge in [-0.05, 0) is 32.9 Å². The summed E-state index contributed by atoms with van der Waals surface area (Å²) >= 11 is 0. The molecule has 112 valence electrons. The second kappa shape index (κ2) is 7.09. The van der Waals surface area contributed by atoms with Crippen LogP contribution in [0.25, 0.3) is 0 Å². The van der Waals surface area contributed by atoms with Crippen molar-refractivity contribution in [3.8, 4) is 0 Å². The van der Waals surface area contributed by atoms with Gasteiger partial charge in [0, 0.05) is 11.6 Å². The van der Waals surface area contributed by atoms with Crippen LogP contribution in [0.2, 0.25) is 0 Å². The van der Waals surface area contributed by atoms with Crippen molar-refractivity contribution < 1.29 is 14.5 Å². The van der Waals surface area contributed by atoms with Crippen molar-refractivity contribution >= 4 is 5.91 Å². The number of quaternary nitrogens is 1. The molecule has 0 saturated carbocycles. The summed E-state index contributed by atoms with van der Waals surface area (Å²) in [5.74, 6) is 0.892. The van der Waals surface area contributed by atoms with Crippen LogP contribution in [0.15, 0.2) is 53.1 Å². The highest BCUT2D eigenvalue weighted by molar-refractivity contribution is 5.80. The molecule has 0 bridgehead atoms. The zero-order valence-electron chi connectivity index (χ0n) is 12.7. The van der Waals surface area contributed by atoms with Crippen molar-refractivity contribution in [2.24, 2.45) is 0 Å². The summed E-state index contributed by atoms with van der Waals surface area (Å²) in [6.07, 6.45) is 1.66. The molecule has 4 nitrogen and oxygen atoms in total. The zero-order valence-corrected chi connectivity index (χ0v) is 12.7. The summed E-state index contributed by atoms with van der Waals surface area (Å²) in [4.78, 5) is 12.1. The molecule has 0 spiro atoms. The zero-order chi connectivity index (χ0) is 15.2. The molecule has 2 aromatic rings. The lowest BCUT2D eigenvalue weighted by Crippen LogP contribution is -2.92. The highest BCUT2D eigenvalue weighted by atomic mass is 16.3. The van der Waals surface area contributed by atoms with Gasteiger partial charge in [0.1, 0.15) is 0 Å². The van der Waals surface area contributed by atoms with Crippen LogP contribution in [0, 0.1) is 0 Å². The van der Waals surface area contributed by atoms with E-state index < -0.39 is 0 Å². The maximum absolute atomic E-state index is 12.1. The highest BCUT2D eigenvalue weighted by Crippen LogP contribution is 2.18. The molecular formula is C17H23N2O2+. The molecule has 1 heterocycles. The minimum Gasteiger partial charge on any atom is -0.463 e. The van der Waals surface area contributed by atoms with Gasteiger partial charge >= 0.3 is 0 Å². The molecule has 21 heavy (non-hydrogen) atoms. The van der Waals surface area contributed by atoms with Crippen LogP contribution in [-0.4, -0.2) is 18.0 Å². The van der Waals surface area contributed by atoms with E-state index in [0.29, 0.717) is 0 Å². The molecule has 0 fully saturated rings. The summed E-state index contributed by atoms with van der Waals surface area (Å²) < 4.78 is 5.55. The van der Waals surface area contributed by atoms with Gasteiger partial charge in [0.25, 0.3) is 5.91 Å². The fourth-order valence-corrected chi connectivity index (χ4v) is 2.29. The van der Waals surface area contributed by atoms with Gasteiger partial charge in [-0.15, -0.1) is 0 Å². The topological polar surface area (TPSA) is 58.9 Å². The van der Waals surface area contributed by atoms with Gasteiger partial charge in [-0.2, -0.15) is 0 Å². The molecule has 0 unspecified atom stereocenters. The molecule has 3 N–H and O–H groups in total. The first-order valence-corrected chi connectivity index (χ1v) is 7.31. The Balaban J connectivity index is 2.16. The van der Waals surface area contributed by atoms with Crippen LogP contribution >= 0.6 is 0 Å². The lowest BCUT2D eigenvalue weighted by atomic mass is 10.0. The first-order chi connectivity index (χ1) is 10.1. The lowest BCUT2D eigenvalue weighted by molar-refractivity contribution is -0.706. The number of hydrogen-bond acceptors (Lipinski definition) is 2. The van der Waals surface area contributed by atoms with Crippen molar-refractivity contribution in [1.82, 2.24) is 5.32 Å². The fourth-order valence-electron chi connectivity index (χ4n) is 2.29. The van der Waals surface area contributed by atoms with Gasteiger partial charge in [-0.3, -0.25) is 4.79 Å². The number of nitrogens with one attached hydrogen (secondary N) is 1. The van der Waals surface area contributed by atoms with Crippen LogP contribution in [-0.2, 0) is 4.79 Å². The Bertz CT molecular complexity index is 549. The molecule has 0 aliphatic heterocycles. The monoisotopic (exact) mass is 287 g/mol. The fraction of sp³-hybridized carbons (Fsp3) is 0.353. The van der Waals surface area contributed by atoms with E-state index in [1.54, 1.807) is 6.26 Å². The molecule has 2 rings (SSSR count). The first-order valence-electron chi connectivity index (χ1n) is 7.31. The molecule has 0 aliphatic carbocycles. The number of amides is 1. The number of hydrogen-bond donors (Lipinski definition) is 2. The quantitative estimate of drug-likeness (QED) is 0.852. The van der Waals surface area contributed by atoms with Gasteiger partial charge in [0.15, 0.2) is 17.8 Å². The molecular weight excluding hydrogens is 264 g/mol. The maximum atomic E-state index is 12.1. The minimum atomic E-state index is -0.192. The van der Waals surface area contributed by atoms with Crippen molar-refractivity contribution in [1.29, 1.82) is 0 Å². The van der Waals surface area contributed by atoms with E-state index in [1.807, 2.05) is 56.4 Å². The Morgan fingerprint density at radius 2 is 1.81 bits per heavy atom. The second-order valence-electron chi connectivity index (χ2n) is 5.55. The van der Waals surface area contributed by atoms with Gasteiger partial charge in [0.05, 0.1) is 6.26 Å². The van der Waals surface area contributed by atoms with E-state index in [4.69, 9.17) is 4.42 Å². The Labute approximate surface area is 125 Å². The normalized spacial score (nSPS) is 13.9. The summed E-state index contributed by atoms with van der Waals surface area (Å²) in [5.41, 5.74) is 1.12. The van der Waals surface area contributed by atoms with E-state index in [1.165, 1.54) is 0 Å². The molecule has 0 radical (unpaired) electrons. The maximum Gasteiger partial charge on any atom is 0.278 e. The summed E-state index contributed by atoms with van der Waals surface area (Å²) in [6.45, 7) is 5.84. The molecule has 1 aromatic carbocycles. The predicted octanol–water partition coefficient (Wildman–Crippen LogP) is 1.85. The Hall–Kier alpha value is -2.07. The highest BCUT2D eigenvalue weighted by Gasteiger charge is 2.26. The third-order valence-electron chi connectivity index (χ3n) is 3.33. The van der Waals surface area contributed by atoms with Crippen LogP contribution in [0.1, 0.15) is 38.1 Å². The van der Waals surface area contributed by atoms with E-state index in [-0.39, 0.29) is 24.0 Å². The largest absolute Gasteiger partial charge is 0.463 e. The van der Waals surface area contributed by atoms with Crippen LogP contribution in [0.5, 0.6) is 0 Å². The number of furan rings is 1. The van der Waals surface area contributed by atoms with Gasteiger partial charge in [-0.1, -0.05) is 30.3 Å². The van der Waals surface area contributed by atoms with Crippen molar-refractivity contribution in [2.45, 2.75) is 38.9 Å². The van der Waals surface area contributed by atoms with E-state index in [0.717, 1.165) is 11.3 Å². The molecule has 4 heteroatoms. The van der Waals surface area contributed by atoms with Crippen LogP contribution in [0.4, 0.5) is 0 Å². The average Bonchev–Trinajstić information content (AvgIpc) is 2.98. The average molecular weight is 287 g/mol. The third kappa shape index (κ3) is 4.20. The van der Waals surface area contributed by atoms with Crippen molar-refractivity contribution in [3.63, 3.8) is 0 Å². The Kier molecular flexibility index (Phi) is 5.17. The first kappa shape index (κ1) is 15.3. The Morgan fingerprint density at radius 3 is 2.38 bits per heavy atom. The van der Waals surface area contributed by atoms with Crippen molar-refractivity contribution in [3.05, 3.63) is 60.1 Å². The smallest absolute Gasteiger partial charge is 0.278 e. The molecule has 1 amide bonds. The standard InChI is InChI=1S/C17H22N2O2/c1-12(2)18-17(20)13(3)19-16(15-10-7-11-21-15)14-8-5-4-6-9-14/h4-13,16,19H,1-3H3,(H,18,20)/p+1/t13-,16+/m0/s1. The molecule has 0 saturated heterocycles. The third-order valence-corrected chi connectivity index (χ3v) is 3.33. The molecule has 2 atom stereocenters. The van der Waals surface area contributed by atoms with Gasteiger partial charge < -0.3 is 15.1 Å². The van der Waals surface area contributed by atoms with Gasteiger partial charge in [0.2, 0.25) is 0 Å². The number of carbonyl (C=O) groups is 1. The molecule has 0 aliphatic rings. The van der Waals surface area contributed by atoms with E-state index >= 15 is 0 Å². The van der Waals surface area contributed by atoms with E-state index in [9.17, 15) is 4.79 Å². The van der Waals surface area contributed by atoms with Crippen LogP contribution < -0.4 is 10.6 Å². The number of benzene rings is 1. The van der Waals surface area contributed by atoms with Crippen molar-refractivity contribution in [2.75, 3.05) is 0 Å². The molecule has 1 aromatic heterocycles. The second-order valence-corrected chi connectivity index (χ2v) is 5.55. The summed E-state index contributed by atoms with van der Waals surface area (Å²) in [5, 5.41) is 4.98. The predicted molar refractivity (Wildman–Crippen MR) is 81.7 cm³/mol. The number of nitrogens with two attached hydrogens (primary N) is 1. The SMILES string of the molecule is CC(C)NC(=O)[C@H](C)[NH2+][C@H](c1ccccc1)c1ccco1. The van der Waals surface area contributed by atoms with Gasteiger partial charge in [-0.25, -0.2) is 0 Å². The number of rotatable bonds is 6.